The molecule has 0 aliphatic rings. The molecule has 5 N–H and O–H groups in total. The summed E-state index contributed by atoms with van der Waals surface area (Å²) in [6, 6.07) is 0. The van der Waals surface area contributed by atoms with Crippen LogP contribution in [0.5, 0.6) is 0 Å². The molecule has 0 aromatic heterocycles. The van der Waals surface area contributed by atoms with E-state index in [0.29, 0.717) is 25.7 Å². The van der Waals surface area contributed by atoms with Crippen LogP contribution in [0.1, 0.15) is 130 Å². The molecule has 0 rings (SSSR count). The number of hydrogen-bond donors (Lipinski definition) is 5. The Labute approximate surface area is 347 Å². The second kappa shape index (κ2) is 36.4. The molecule has 0 aliphatic carbocycles. The highest BCUT2D eigenvalue weighted by molar-refractivity contribution is 7.47. The Morgan fingerprint density at radius 3 is 1.81 bits per heavy atom. The van der Waals surface area contributed by atoms with Gasteiger partial charge in [0.1, 0.15) is 12.7 Å². The van der Waals surface area contributed by atoms with Gasteiger partial charge >= 0.3 is 27.6 Å². The van der Waals surface area contributed by atoms with Crippen LogP contribution in [0.15, 0.2) is 72.9 Å². The number of hydrogen-bond acceptors (Lipinski definition) is 11. The number of carbonyl (C=O) groups is 2. The average Bonchev–Trinajstić information content (AvgIpc) is 3.16. The molecule has 0 aromatic rings. The predicted octanol–water partition coefficient (Wildman–Crippen LogP) is 9.05. The van der Waals surface area contributed by atoms with Crippen molar-refractivity contribution in [3.05, 3.63) is 72.9 Å². The lowest BCUT2D eigenvalue weighted by Crippen LogP contribution is -2.29. The van der Waals surface area contributed by atoms with Crippen LogP contribution < -0.4 is 0 Å². The molecule has 0 heterocycles. The van der Waals surface area contributed by atoms with Gasteiger partial charge in [0.05, 0.1) is 25.9 Å². The molecule has 0 amide bonds. The Morgan fingerprint density at radius 2 is 1.19 bits per heavy atom. The van der Waals surface area contributed by atoms with E-state index in [4.69, 9.17) is 23.8 Å². The van der Waals surface area contributed by atoms with E-state index in [2.05, 4.69) is 42.0 Å². The minimum Gasteiger partial charge on any atom is -0.462 e. The van der Waals surface area contributed by atoms with Gasteiger partial charge in [0.15, 0.2) is 6.10 Å². The zero-order valence-corrected chi connectivity index (χ0v) is 36.7. The number of phosphoric ester groups is 2. The fourth-order valence-corrected chi connectivity index (χ4v) is 6.15. The van der Waals surface area contributed by atoms with Crippen LogP contribution in [0, 0.1) is 5.92 Å². The first-order valence-corrected chi connectivity index (χ1v) is 23.6. The second-order valence-corrected chi connectivity index (χ2v) is 16.9. The van der Waals surface area contributed by atoms with Crippen LogP contribution in [-0.2, 0) is 41.8 Å². The molecular weight excluding hydrogens is 790 g/mol. The van der Waals surface area contributed by atoms with Gasteiger partial charge in [-0.1, -0.05) is 145 Å². The third-order valence-electron chi connectivity index (χ3n) is 8.12. The molecule has 58 heavy (non-hydrogen) atoms. The molecule has 0 saturated heterocycles. The van der Waals surface area contributed by atoms with Gasteiger partial charge in [0.2, 0.25) is 0 Å². The maximum Gasteiger partial charge on any atom is 0.472 e. The van der Waals surface area contributed by atoms with Crippen LogP contribution in [0.2, 0.25) is 0 Å². The van der Waals surface area contributed by atoms with Crippen LogP contribution in [0.3, 0.4) is 0 Å². The monoisotopic (exact) mass is 862 g/mol. The van der Waals surface area contributed by atoms with Crippen LogP contribution >= 0.6 is 15.6 Å². The highest BCUT2D eigenvalue weighted by Crippen LogP contribution is 2.43. The quantitative estimate of drug-likeness (QED) is 0.0130. The van der Waals surface area contributed by atoms with Crippen LogP contribution in [0.25, 0.3) is 0 Å². The Bertz CT molecular complexity index is 1330. The molecule has 334 valence electrons. The lowest BCUT2D eigenvalue weighted by atomic mass is 10.0. The minimum atomic E-state index is -4.87. The molecule has 0 spiro atoms. The zero-order chi connectivity index (χ0) is 43.3. The van der Waals surface area contributed by atoms with E-state index in [1.54, 1.807) is 6.08 Å². The number of phosphoric acid groups is 2. The lowest BCUT2D eigenvalue weighted by molar-refractivity contribution is -0.161. The summed E-state index contributed by atoms with van der Waals surface area (Å²) >= 11 is 0. The maximum atomic E-state index is 12.6. The van der Waals surface area contributed by atoms with E-state index in [1.807, 2.05) is 54.7 Å². The smallest absolute Gasteiger partial charge is 0.462 e. The van der Waals surface area contributed by atoms with Gasteiger partial charge in [-0.15, -0.1) is 0 Å². The van der Waals surface area contributed by atoms with E-state index in [1.165, 1.54) is 25.7 Å². The van der Waals surface area contributed by atoms with E-state index in [0.717, 1.165) is 50.9 Å². The first-order chi connectivity index (χ1) is 27.6. The average molecular weight is 863 g/mol. The van der Waals surface area contributed by atoms with Crippen molar-refractivity contribution in [3.8, 4) is 0 Å². The molecule has 0 aromatic carbocycles. The van der Waals surface area contributed by atoms with Gasteiger partial charge < -0.3 is 34.4 Å². The Morgan fingerprint density at radius 1 is 0.621 bits per heavy atom. The Kier molecular flexibility index (Phi) is 34.8. The highest BCUT2D eigenvalue weighted by atomic mass is 31.2. The van der Waals surface area contributed by atoms with E-state index in [9.17, 15) is 33.8 Å². The number of esters is 2. The fraction of sp³-hybridized carbons (Fsp3) is 0.667. The zero-order valence-electron chi connectivity index (χ0n) is 34.9. The van der Waals surface area contributed by atoms with Gasteiger partial charge in [-0.2, -0.15) is 0 Å². The molecule has 0 aliphatic heterocycles. The lowest BCUT2D eigenvalue weighted by Gasteiger charge is -2.20. The summed E-state index contributed by atoms with van der Waals surface area (Å²) in [7, 11) is -9.70. The maximum absolute atomic E-state index is 12.6. The van der Waals surface area contributed by atoms with E-state index in [-0.39, 0.29) is 12.8 Å². The van der Waals surface area contributed by atoms with Crippen molar-refractivity contribution in [2.45, 2.75) is 148 Å². The van der Waals surface area contributed by atoms with Crippen molar-refractivity contribution >= 4 is 27.6 Å². The van der Waals surface area contributed by atoms with E-state index < -0.39 is 72.3 Å². The summed E-state index contributed by atoms with van der Waals surface area (Å²) in [4.78, 5) is 52.5. The van der Waals surface area contributed by atoms with Gasteiger partial charge in [0, 0.05) is 12.8 Å². The number of aliphatic hydroxyl groups is 2. The topological polar surface area (TPSA) is 216 Å². The first-order valence-electron chi connectivity index (χ1n) is 20.6. The first kappa shape index (κ1) is 55.5. The molecule has 0 fully saturated rings. The van der Waals surface area contributed by atoms with Crippen LogP contribution in [0.4, 0.5) is 0 Å². The number of aliphatic hydroxyl groups excluding tert-OH is 2. The summed E-state index contributed by atoms with van der Waals surface area (Å²) < 4.78 is 47.5. The van der Waals surface area contributed by atoms with Gasteiger partial charge in [-0.05, 0) is 50.9 Å². The summed E-state index contributed by atoms with van der Waals surface area (Å²) in [5, 5.41) is 19.5. The molecule has 0 radical (unpaired) electrons. The summed E-state index contributed by atoms with van der Waals surface area (Å²) in [6.45, 7) is 3.68. The summed E-state index contributed by atoms with van der Waals surface area (Å²) in [5.74, 6) is -0.433. The molecule has 0 bridgehead atoms. The third-order valence-corrected chi connectivity index (χ3v) is 9.56. The largest absolute Gasteiger partial charge is 0.472 e. The fourth-order valence-electron chi connectivity index (χ4n) is 4.99. The van der Waals surface area contributed by atoms with Crippen LogP contribution in [-0.4, -0.2) is 81.6 Å². The number of carbonyl (C=O) groups excluding carboxylic acids is 2. The van der Waals surface area contributed by atoms with Crippen molar-refractivity contribution in [1.29, 1.82) is 0 Å². The molecule has 14 nitrogen and oxygen atoms in total. The SMILES string of the molecule is CC/C=C\CC(O)/C=C/C=C/C/C=C\C/C=C\C/C=C\CCC(=O)OC[C@H](COP(=O)(O)OC[C@@H](O)COP(=O)(O)O)OC(=O)CCCCCCCCCCC(C)C. The third kappa shape index (κ3) is 40.3. The minimum absolute atomic E-state index is 0.0515. The van der Waals surface area contributed by atoms with E-state index >= 15 is 0 Å². The number of allylic oxidation sites excluding steroid dienone is 10. The predicted molar refractivity (Wildman–Crippen MR) is 226 cm³/mol. The van der Waals surface area contributed by atoms with Gasteiger partial charge in [0.25, 0.3) is 0 Å². The summed E-state index contributed by atoms with van der Waals surface area (Å²) in [5.41, 5.74) is 0. The molecule has 0 saturated carbocycles. The second-order valence-electron chi connectivity index (χ2n) is 14.2. The number of rotatable bonds is 37. The van der Waals surface area contributed by atoms with Gasteiger partial charge in [-0.3, -0.25) is 23.2 Å². The normalized spacial score (nSPS) is 15.5. The Hall–Kier alpha value is -2.48. The molecule has 2 unspecified atom stereocenters. The molecule has 16 heteroatoms. The number of unbranched alkanes of at least 4 members (excludes halogenated alkanes) is 7. The standard InChI is InChI=1S/C42H72O14P2/c1-4-5-23-29-38(43)30-25-20-16-11-9-7-6-8-10-12-17-21-26-31-41(45)52-35-40(36-55-58(50,51)54-34-39(44)33-53-57(47,48)49)56-42(46)32-27-22-18-14-13-15-19-24-28-37(2)3/h5,7-10,16-17,20-21,23,25,30,37-40,43-44H,4,6,11-15,18-19,22,24,26-29,31-36H2,1-3H3,(H,50,51)(H2,47,48,49)/b9-7-,10-8-,20-16+,21-17-,23-5-,30-25+/t38?,39-,40+/m0/s1. The van der Waals surface area contributed by atoms with Crippen molar-refractivity contribution in [2.75, 3.05) is 26.4 Å². The molecule has 4 atom stereocenters. The van der Waals surface area contributed by atoms with Crippen molar-refractivity contribution in [1.82, 2.24) is 0 Å². The van der Waals surface area contributed by atoms with Crippen molar-refractivity contribution < 1.29 is 66.7 Å². The van der Waals surface area contributed by atoms with Gasteiger partial charge in [-0.25, -0.2) is 9.13 Å². The number of ether oxygens (including phenoxy) is 2. The van der Waals surface area contributed by atoms with Crippen molar-refractivity contribution in [3.63, 3.8) is 0 Å². The highest BCUT2D eigenvalue weighted by Gasteiger charge is 2.28. The molecular formula is C42H72O14P2. The Balaban J connectivity index is 4.68. The summed E-state index contributed by atoms with van der Waals surface area (Å²) in [6.07, 6.45) is 34.1. The van der Waals surface area contributed by atoms with Crippen molar-refractivity contribution in [2.24, 2.45) is 5.92 Å².